The molecule has 0 aliphatic carbocycles. The van der Waals surface area contributed by atoms with Crippen molar-refractivity contribution in [1.29, 1.82) is 0 Å². The van der Waals surface area contributed by atoms with Crippen molar-refractivity contribution in [3.8, 4) is 0 Å². The monoisotopic (exact) mass is 289 g/mol. The summed E-state index contributed by atoms with van der Waals surface area (Å²) in [7, 11) is 0. The smallest absolute Gasteiger partial charge is 0.164 e. The molecule has 1 N–H and O–H groups in total. The van der Waals surface area contributed by atoms with Gasteiger partial charge in [-0.15, -0.1) is 12.4 Å². The van der Waals surface area contributed by atoms with Gasteiger partial charge in [-0.25, -0.2) is 0 Å². The predicted molar refractivity (Wildman–Crippen MR) is 86.8 cm³/mol. The van der Waals surface area contributed by atoms with Gasteiger partial charge in [0.25, 0.3) is 0 Å². The number of para-hydroxylation sites is 1. The number of hydrogen-bond donors (Lipinski definition) is 1. The van der Waals surface area contributed by atoms with Gasteiger partial charge in [0.1, 0.15) is 0 Å². The number of benzene rings is 2. The zero-order valence-corrected chi connectivity index (χ0v) is 12.6. The van der Waals surface area contributed by atoms with E-state index in [0.29, 0.717) is 6.42 Å². The van der Waals surface area contributed by atoms with E-state index in [0.717, 1.165) is 11.3 Å². The highest BCUT2D eigenvalue weighted by Crippen LogP contribution is 2.23. The largest absolute Gasteiger partial charge is 0.378 e. The number of halogens is 1. The average Bonchev–Trinajstić information content (AvgIpc) is 2.48. The van der Waals surface area contributed by atoms with E-state index in [2.05, 4.69) is 24.4 Å². The van der Waals surface area contributed by atoms with Crippen LogP contribution in [0.3, 0.4) is 0 Å². The minimum absolute atomic E-state index is 0. The van der Waals surface area contributed by atoms with Gasteiger partial charge in [0.2, 0.25) is 0 Å². The second-order valence-corrected chi connectivity index (χ2v) is 4.60. The molecular formula is C17H20ClNO. The minimum Gasteiger partial charge on any atom is -0.378 e. The summed E-state index contributed by atoms with van der Waals surface area (Å²) in [6, 6.07) is 18.1. The van der Waals surface area contributed by atoms with E-state index in [1.165, 1.54) is 5.56 Å². The topological polar surface area (TPSA) is 29.1 Å². The molecule has 0 saturated carbocycles. The van der Waals surface area contributed by atoms with E-state index >= 15 is 0 Å². The summed E-state index contributed by atoms with van der Waals surface area (Å²) in [6.45, 7) is 3.99. The predicted octanol–water partition coefficient (Wildman–Crippen LogP) is 4.87. The molecule has 106 valence electrons. The fourth-order valence-corrected chi connectivity index (χ4v) is 2.10. The van der Waals surface area contributed by atoms with Gasteiger partial charge >= 0.3 is 0 Å². The first-order valence-electron chi connectivity index (χ1n) is 6.66. The van der Waals surface area contributed by atoms with Crippen LogP contribution in [-0.2, 0) is 0 Å². The maximum absolute atomic E-state index is 11.9. The Morgan fingerprint density at radius 1 is 1.05 bits per heavy atom. The lowest BCUT2D eigenvalue weighted by Crippen LogP contribution is -2.10. The highest BCUT2D eigenvalue weighted by Gasteiger charge is 2.11. The van der Waals surface area contributed by atoms with E-state index in [-0.39, 0.29) is 24.2 Å². The van der Waals surface area contributed by atoms with Crippen LogP contribution in [0.15, 0.2) is 54.6 Å². The molecule has 0 spiro atoms. The van der Waals surface area contributed by atoms with E-state index in [4.69, 9.17) is 0 Å². The maximum Gasteiger partial charge on any atom is 0.164 e. The Morgan fingerprint density at radius 3 is 2.30 bits per heavy atom. The molecule has 1 atom stereocenters. The lowest BCUT2D eigenvalue weighted by molar-refractivity contribution is 0.0989. The number of nitrogens with one attached hydrogen (secondary N) is 1. The lowest BCUT2D eigenvalue weighted by atomic mass is 10.0. The molecule has 3 heteroatoms. The van der Waals surface area contributed by atoms with Crippen LogP contribution in [0.2, 0.25) is 0 Å². The molecule has 2 nitrogen and oxygen atoms in total. The Morgan fingerprint density at radius 2 is 1.65 bits per heavy atom. The highest BCUT2D eigenvalue weighted by molar-refractivity contribution is 6.01. The summed E-state index contributed by atoms with van der Waals surface area (Å²) in [5.74, 6) is 0.170. The zero-order chi connectivity index (χ0) is 13.7. The van der Waals surface area contributed by atoms with Crippen molar-refractivity contribution in [2.24, 2.45) is 0 Å². The molecule has 0 fully saturated rings. The van der Waals surface area contributed by atoms with Crippen molar-refractivity contribution in [3.05, 3.63) is 65.7 Å². The number of Topliss-reactive ketones (excluding diaryl/α,β-unsaturated/α-hetero) is 1. The first kappa shape index (κ1) is 16.3. The van der Waals surface area contributed by atoms with Crippen molar-refractivity contribution < 1.29 is 4.79 Å². The quantitative estimate of drug-likeness (QED) is 0.795. The molecule has 0 saturated heterocycles. The van der Waals surface area contributed by atoms with Crippen LogP contribution >= 0.6 is 12.4 Å². The van der Waals surface area contributed by atoms with Crippen LogP contribution in [0.4, 0.5) is 5.69 Å². The summed E-state index contributed by atoms with van der Waals surface area (Å²) in [5.41, 5.74) is 2.89. The number of ketones is 1. The van der Waals surface area contributed by atoms with E-state index in [9.17, 15) is 4.79 Å². The van der Waals surface area contributed by atoms with E-state index < -0.39 is 0 Å². The second kappa shape index (κ2) is 7.71. The third-order valence-corrected chi connectivity index (χ3v) is 3.22. The third-order valence-electron chi connectivity index (χ3n) is 3.22. The Balaban J connectivity index is 0.00000200. The normalized spacial score (nSPS) is 11.3. The van der Waals surface area contributed by atoms with Crippen LogP contribution in [-0.4, -0.2) is 5.78 Å². The molecule has 20 heavy (non-hydrogen) atoms. The summed E-state index contributed by atoms with van der Waals surface area (Å²) in [4.78, 5) is 11.9. The minimum atomic E-state index is 0. The summed E-state index contributed by atoms with van der Waals surface area (Å²) in [5, 5.41) is 3.42. The van der Waals surface area contributed by atoms with Gasteiger partial charge < -0.3 is 5.32 Å². The Kier molecular flexibility index (Phi) is 6.26. The standard InChI is InChI=1S/C17H19NO.ClH/c1-3-17(19)15-11-7-8-12-16(15)18-13(2)14-9-5-4-6-10-14;/h4-13,18H,3H2,1-2H3;1H. The number of anilines is 1. The molecule has 2 rings (SSSR count). The van der Waals surface area contributed by atoms with Crippen molar-refractivity contribution in [1.82, 2.24) is 0 Å². The number of carbonyl (C=O) groups excluding carboxylic acids is 1. The van der Waals surface area contributed by atoms with Crippen LogP contribution in [0.1, 0.15) is 42.2 Å². The van der Waals surface area contributed by atoms with Crippen molar-refractivity contribution in [3.63, 3.8) is 0 Å². The molecule has 0 radical (unpaired) electrons. The number of hydrogen-bond acceptors (Lipinski definition) is 2. The lowest BCUT2D eigenvalue weighted by Gasteiger charge is -2.18. The first-order valence-corrected chi connectivity index (χ1v) is 6.66. The Hall–Kier alpha value is -1.80. The average molecular weight is 290 g/mol. The summed E-state index contributed by atoms with van der Waals surface area (Å²) in [6.07, 6.45) is 0.526. The molecule has 0 amide bonds. The first-order chi connectivity index (χ1) is 9.22. The molecule has 0 heterocycles. The van der Waals surface area contributed by atoms with Crippen molar-refractivity contribution >= 4 is 23.9 Å². The maximum atomic E-state index is 11.9. The highest BCUT2D eigenvalue weighted by atomic mass is 35.5. The summed E-state index contributed by atoms with van der Waals surface area (Å²) >= 11 is 0. The van der Waals surface area contributed by atoms with E-state index in [1.807, 2.05) is 49.4 Å². The van der Waals surface area contributed by atoms with Crippen LogP contribution in [0.25, 0.3) is 0 Å². The van der Waals surface area contributed by atoms with Gasteiger partial charge in [-0.1, -0.05) is 49.4 Å². The fraction of sp³-hybridized carbons (Fsp3) is 0.235. The molecule has 0 aliphatic heterocycles. The van der Waals surface area contributed by atoms with Crippen LogP contribution in [0, 0.1) is 0 Å². The molecule has 0 aliphatic rings. The van der Waals surface area contributed by atoms with Crippen LogP contribution in [0.5, 0.6) is 0 Å². The molecule has 2 aromatic carbocycles. The molecule has 1 unspecified atom stereocenters. The van der Waals surface area contributed by atoms with E-state index in [1.54, 1.807) is 0 Å². The van der Waals surface area contributed by atoms with Gasteiger partial charge in [0.05, 0.1) is 0 Å². The Bertz CT molecular complexity index is 554. The molecular weight excluding hydrogens is 270 g/mol. The molecule has 0 bridgehead atoms. The SMILES string of the molecule is CCC(=O)c1ccccc1NC(C)c1ccccc1.Cl. The Labute approximate surface area is 126 Å². The van der Waals surface area contributed by atoms with Gasteiger partial charge in [-0.2, -0.15) is 0 Å². The van der Waals surface area contributed by atoms with Gasteiger partial charge in [0.15, 0.2) is 5.78 Å². The third kappa shape index (κ3) is 3.84. The van der Waals surface area contributed by atoms with Gasteiger partial charge in [-0.05, 0) is 24.6 Å². The van der Waals surface area contributed by atoms with Gasteiger partial charge in [0, 0.05) is 23.7 Å². The van der Waals surface area contributed by atoms with Crippen molar-refractivity contribution in [2.75, 3.05) is 5.32 Å². The van der Waals surface area contributed by atoms with Gasteiger partial charge in [-0.3, -0.25) is 4.79 Å². The van der Waals surface area contributed by atoms with Crippen molar-refractivity contribution in [2.45, 2.75) is 26.3 Å². The summed E-state index contributed by atoms with van der Waals surface area (Å²) < 4.78 is 0. The van der Waals surface area contributed by atoms with Crippen LogP contribution < -0.4 is 5.32 Å². The number of carbonyl (C=O) groups is 1. The second-order valence-electron chi connectivity index (χ2n) is 4.60. The zero-order valence-electron chi connectivity index (χ0n) is 11.8. The fourth-order valence-electron chi connectivity index (χ4n) is 2.10. The molecule has 0 aromatic heterocycles. The number of rotatable bonds is 5. The molecule has 2 aromatic rings.